The summed E-state index contributed by atoms with van der Waals surface area (Å²) in [4.78, 5) is 18.0. The van der Waals surface area contributed by atoms with Gasteiger partial charge in [-0.05, 0) is 80.8 Å². The summed E-state index contributed by atoms with van der Waals surface area (Å²) in [6, 6.07) is 7.56. The van der Waals surface area contributed by atoms with Gasteiger partial charge in [0.1, 0.15) is 5.75 Å². The first-order valence-corrected chi connectivity index (χ1v) is 12.5. The molecule has 1 aliphatic rings. The van der Waals surface area contributed by atoms with E-state index >= 15 is 0 Å². The lowest BCUT2D eigenvalue weighted by Crippen LogP contribution is -2.41. The van der Waals surface area contributed by atoms with Gasteiger partial charge < -0.3 is 14.9 Å². The smallest absolute Gasteiger partial charge is 0.303 e. The molecule has 0 bridgehead atoms. The lowest BCUT2D eigenvalue weighted by Gasteiger charge is -2.38. The van der Waals surface area contributed by atoms with Crippen molar-refractivity contribution in [2.45, 2.75) is 45.1 Å². The number of rotatable bonds is 9. The number of pyridine rings is 1. The number of benzene rings is 1. The number of piperidine rings is 1. The van der Waals surface area contributed by atoms with Gasteiger partial charge in [0.2, 0.25) is 0 Å². The minimum absolute atomic E-state index is 0.159. The first kappa shape index (κ1) is 25.7. The molecule has 4 rings (SSSR count). The molecular weight excluding hydrogens is 456 g/mol. The maximum atomic E-state index is 11.3. The predicted octanol–water partition coefficient (Wildman–Crippen LogP) is 3.94. The predicted molar refractivity (Wildman–Crippen MR) is 138 cm³/mol. The van der Waals surface area contributed by atoms with Crippen molar-refractivity contribution in [2.75, 3.05) is 26.7 Å². The third-order valence-electron chi connectivity index (χ3n) is 7.21. The van der Waals surface area contributed by atoms with E-state index in [1.165, 1.54) is 0 Å². The molecule has 0 amide bonds. The number of aryl methyl sites for hydroxylation is 1. The number of hydrogen-bond donors (Lipinski definition) is 3. The maximum absolute atomic E-state index is 11.3. The quantitative estimate of drug-likeness (QED) is 0.390. The molecule has 1 fully saturated rings. The van der Waals surface area contributed by atoms with E-state index in [0.29, 0.717) is 25.3 Å². The maximum Gasteiger partial charge on any atom is 0.303 e. The van der Waals surface area contributed by atoms with Crippen LogP contribution in [0.4, 0.5) is 0 Å². The van der Waals surface area contributed by atoms with E-state index in [-0.39, 0.29) is 12.3 Å². The molecule has 1 saturated heterocycles. The summed E-state index contributed by atoms with van der Waals surface area (Å²) >= 11 is 0. The molecule has 0 spiro atoms. The Kier molecular flexibility index (Phi) is 8.57. The number of carboxylic acids is 1. The van der Waals surface area contributed by atoms with Crippen molar-refractivity contribution in [3.8, 4) is 17.6 Å². The minimum Gasteiger partial charge on any atom is -0.497 e. The number of ether oxygens (including phenoxy) is 1. The number of aromatic amines is 1. The number of likely N-dealkylation sites (tertiary alicyclic amines) is 1. The molecule has 1 aliphatic heterocycles. The lowest BCUT2D eigenvalue weighted by molar-refractivity contribution is -0.137. The van der Waals surface area contributed by atoms with Crippen LogP contribution in [0.3, 0.4) is 0 Å². The van der Waals surface area contributed by atoms with E-state index in [2.05, 4.69) is 31.9 Å². The number of nitrogens with one attached hydrogen (secondary N) is 1. The Morgan fingerprint density at radius 1 is 1.31 bits per heavy atom. The summed E-state index contributed by atoms with van der Waals surface area (Å²) in [5.41, 5.74) is 3.54. The van der Waals surface area contributed by atoms with Gasteiger partial charge in [-0.3, -0.25) is 19.8 Å². The zero-order chi connectivity index (χ0) is 25.5. The lowest BCUT2D eigenvalue weighted by atomic mass is 9.79. The van der Waals surface area contributed by atoms with Crippen LogP contribution in [0.25, 0.3) is 10.9 Å². The van der Waals surface area contributed by atoms with Crippen LogP contribution in [-0.4, -0.2) is 63.0 Å². The molecule has 8 nitrogen and oxygen atoms in total. The summed E-state index contributed by atoms with van der Waals surface area (Å²) in [6.07, 6.45) is 6.06. The van der Waals surface area contributed by atoms with E-state index < -0.39 is 12.1 Å². The molecule has 3 N–H and O–H groups in total. The second-order valence-electron chi connectivity index (χ2n) is 9.56. The van der Waals surface area contributed by atoms with Crippen molar-refractivity contribution in [3.63, 3.8) is 0 Å². The van der Waals surface area contributed by atoms with Gasteiger partial charge in [-0.25, -0.2) is 0 Å². The molecule has 3 atom stereocenters. The normalized spacial score (nSPS) is 19.0. The molecule has 8 heteroatoms. The van der Waals surface area contributed by atoms with Crippen LogP contribution in [0.5, 0.6) is 5.75 Å². The van der Waals surface area contributed by atoms with Crippen LogP contribution in [0, 0.1) is 30.6 Å². The monoisotopic (exact) mass is 490 g/mol. The van der Waals surface area contributed by atoms with Gasteiger partial charge in [-0.15, -0.1) is 0 Å². The molecule has 1 aromatic carbocycles. The molecule has 0 saturated carbocycles. The number of carboxylic acid groups (broad SMARTS) is 1. The third kappa shape index (κ3) is 6.42. The van der Waals surface area contributed by atoms with E-state index in [0.717, 1.165) is 59.4 Å². The molecule has 3 heterocycles. The summed E-state index contributed by atoms with van der Waals surface area (Å²) in [6.45, 7) is 4.33. The summed E-state index contributed by atoms with van der Waals surface area (Å²) in [5, 5.41) is 28.2. The highest BCUT2D eigenvalue weighted by Crippen LogP contribution is 2.35. The number of aliphatic carboxylic acids is 1. The molecule has 0 aliphatic carbocycles. The largest absolute Gasteiger partial charge is 0.497 e. The van der Waals surface area contributed by atoms with E-state index in [9.17, 15) is 15.0 Å². The minimum atomic E-state index is -0.765. The Bertz CT molecular complexity index is 1250. The fourth-order valence-electron chi connectivity index (χ4n) is 5.13. The highest BCUT2D eigenvalue weighted by molar-refractivity contribution is 5.83. The Balaban J connectivity index is 1.40. The number of fused-ring (bicyclic) bond motifs is 1. The number of nitrogens with zero attached hydrogens (tertiary/aromatic N) is 3. The topological polar surface area (TPSA) is 112 Å². The van der Waals surface area contributed by atoms with E-state index in [1.54, 1.807) is 19.5 Å². The van der Waals surface area contributed by atoms with Crippen LogP contribution in [0.2, 0.25) is 0 Å². The fraction of sp³-hybridized carbons (Fsp3) is 0.464. The third-order valence-corrected chi connectivity index (χ3v) is 7.21. The molecule has 1 unspecified atom stereocenters. The zero-order valence-corrected chi connectivity index (χ0v) is 20.9. The fourth-order valence-corrected chi connectivity index (χ4v) is 5.13. The van der Waals surface area contributed by atoms with Crippen LogP contribution in [-0.2, 0) is 4.79 Å². The SMILES string of the molecule is COc1ccc2nccc(C(O)CC[C@@H]3CCN(CC#Cc4cn[nH]c4C)C[C@@H]3CCC(=O)O)c2c1. The summed E-state index contributed by atoms with van der Waals surface area (Å²) < 4.78 is 5.36. The number of aliphatic hydroxyl groups is 1. The van der Waals surface area contributed by atoms with Gasteiger partial charge in [0, 0.05) is 30.2 Å². The number of carbonyl (C=O) groups is 1. The van der Waals surface area contributed by atoms with Gasteiger partial charge in [0.05, 0.1) is 37.0 Å². The van der Waals surface area contributed by atoms with Crippen molar-refractivity contribution >= 4 is 16.9 Å². The standard InChI is InChI=1S/C28H34N4O4/c1-19-21(17-30-31-19)4-3-14-32-15-12-20(22(18-32)6-10-28(34)35)5-9-27(33)24-11-13-29-26-8-7-23(36-2)16-25(24)26/h7-8,11,13,16-17,20,22,27,33H,5-6,9-10,12,14-15,18H2,1-2H3,(H,30,31)(H,34,35)/t20-,22+,27?/m1/s1. The second kappa shape index (κ2) is 12.0. The van der Waals surface area contributed by atoms with E-state index in [1.807, 2.05) is 31.2 Å². The van der Waals surface area contributed by atoms with Crippen molar-refractivity contribution < 1.29 is 19.7 Å². The Hall–Kier alpha value is -3.41. The average Bonchev–Trinajstić information content (AvgIpc) is 3.30. The number of aliphatic hydroxyl groups excluding tert-OH is 1. The Labute approximate surface area is 211 Å². The molecule has 3 aromatic rings. The van der Waals surface area contributed by atoms with Gasteiger partial charge in [-0.2, -0.15) is 5.10 Å². The van der Waals surface area contributed by atoms with E-state index in [4.69, 9.17) is 4.74 Å². The molecule has 0 radical (unpaired) electrons. The first-order valence-electron chi connectivity index (χ1n) is 12.5. The second-order valence-corrected chi connectivity index (χ2v) is 9.56. The highest BCUT2D eigenvalue weighted by atomic mass is 16.5. The van der Waals surface area contributed by atoms with Gasteiger partial charge in [-0.1, -0.05) is 11.8 Å². The van der Waals surface area contributed by atoms with Gasteiger partial charge >= 0.3 is 5.97 Å². The molecular formula is C28H34N4O4. The average molecular weight is 491 g/mol. The number of hydrogen-bond acceptors (Lipinski definition) is 6. The number of aromatic nitrogens is 3. The van der Waals surface area contributed by atoms with Crippen LogP contribution in [0.1, 0.15) is 55.0 Å². The van der Waals surface area contributed by atoms with Gasteiger partial charge in [0.25, 0.3) is 0 Å². The first-order chi connectivity index (χ1) is 17.4. The Morgan fingerprint density at radius 3 is 2.92 bits per heavy atom. The number of methoxy groups -OCH3 is 1. The zero-order valence-electron chi connectivity index (χ0n) is 20.9. The molecule has 36 heavy (non-hydrogen) atoms. The Morgan fingerprint density at radius 2 is 2.17 bits per heavy atom. The molecule has 2 aromatic heterocycles. The summed E-state index contributed by atoms with van der Waals surface area (Å²) in [7, 11) is 1.63. The van der Waals surface area contributed by atoms with Gasteiger partial charge in [0.15, 0.2) is 0 Å². The molecule has 190 valence electrons. The van der Waals surface area contributed by atoms with Crippen molar-refractivity contribution in [2.24, 2.45) is 11.8 Å². The van der Waals surface area contributed by atoms with Crippen LogP contribution >= 0.6 is 0 Å². The van der Waals surface area contributed by atoms with Crippen LogP contribution < -0.4 is 4.74 Å². The van der Waals surface area contributed by atoms with Crippen molar-refractivity contribution in [3.05, 3.63) is 53.5 Å². The van der Waals surface area contributed by atoms with Crippen molar-refractivity contribution in [1.29, 1.82) is 0 Å². The van der Waals surface area contributed by atoms with Crippen molar-refractivity contribution in [1.82, 2.24) is 20.1 Å². The summed E-state index contributed by atoms with van der Waals surface area (Å²) in [5.74, 6) is 7.00. The highest BCUT2D eigenvalue weighted by Gasteiger charge is 2.30. The van der Waals surface area contributed by atoms with Crippen LogP contribution in [0.15, 0.2) is 36.7 Å². The number of H-pyrrole nitrogens is 1.